The summed E-state index contributed by atoms with van der Waals surface area (Å²) in [6, 6.07) is 3.83. The Morgan fingerprint density at radius 2 is 2.08 bits per heavy atom. The lowest BCUT2D eigenvalue weighted by Gasteiger charge is -2.03. The van der Waals surface area contributed by atoms with E-state index in [1.807, 2.05) is 38.3 Å². The number of nitrogens with zero attached hydrogens (tertiary/aromatic N) is 3. The number of thiophene rings is 1. The molecule has 0 N–H and O–H groups in total. The van der Waals surface area contributed by atoms with Crippen LogP contribution >= 0.6 is 22.7 Å². The first-order valence-corrected chi connectivity index (χ1v) is 9.19. The number of thiazole rings is 1. The lowest BCUT2D eigenvalue weighted by molar-refractivity contribution is 0.547. The van der Waals surface area contributed by atoms with Crippen LogP contribution in [-0.4, -0.2) is 14.5 Å². The summed E-state index contributed by atoms with van der Waals surface area (Å²) >= 11 is 3.07. The Morgan fingerprint density at radius 1 is 1.25 bits per heavy atom. The second kappa shape index (κ2) is 5.68. The highest BCUT2D eigenvalue weighted by Gasteiger charge is 2.14. The lowest BCUT2D eigenvalue weighted by Crippen LogP contribution is -2.21. The number of rotatable bonds is 3. The van der Waals surface area contributed by atoms with Crippen molar-refractivity contribution < 1.29 is 4.42 Å². The Kier molecular flexibility index (Phi) is 3.62. The number of fused-ring (bicyclic) bond motifs is 1. The summed E-state index contributed by atoms with van der Waals surface area (Å²) in [4.78, 5) is 23.7. The van der Waals surface area contributed by atoms with E-state index in [0.29, 0.717) is 6.54 Å². The second-order valence-electron chi connectivity index (χ2n) is 5.70. The predicted molar refractivity (Wildman–Crippen MR) is 97.0 cm³/mol. The molecule has 0 radical (unpaired) electrons. The van der Waals surface area contributed by atoms with Crippen LogP contribution in [0.5, 0.6) is 0 Å². The Bertz CT molecular complexity index is 1100. The molecule has 7 heteroatoms. The Hall–Kier alpha value is -2.25. The van der Waals surface area contributed by atoms with E-state index in [2.05, 4.69) is 9.97 Å². The molecule has 4 heterocycles. The molecule has 0 aliphatic heterocycles. The first-order valence-electron chi connectivity index (χ1n) is 7.49. The van der Waals surface area contributed by atoms with Gasteiger partial charge in [-0.3, -0.25) is 9.36 Å². The highest BCUT2D eigenvalue weighted by molar-refractivity contribution is 7.18. The van der Waals surface area contributed by atoms with Crippen LogP contribution in [0, 0.1) is 20.8 Å². The smallest absolute Gasteiger partial charge is 0.262 e. The van der Waals surface area contributed by atoms with Gasteiger partial charge in [-0.05, 0) is 38.5 Å². The number of hydrogen-bond acceptors (Lipinski definition) is 6. The summed E-state index contributed by atoms with van der Waals surface area (Å²) in [7, 11) is 0. The van der Waals surface area contributed by atoms with Crippen molar-refractivity contribution in [1.82, 2.24) is 14.5 Å². The average Bonchev–Trinajstić information content (AvgIpc) is 3.24. The summed E-state index contributed by atoms with van der Waals surface area (Å²) in [5.74, 6) is 1.62. The molecule has 0 fully saturated rings. The van der Waals surface area contributed by atoms with E-state index in [-0.39, 0.29) is 5.56 Å². The van der Waals surface area contributed by atoms with Gasteiger partial charge in [-0.15, -0.1) is 22.7 Å². The molecule has 0 aromatic carbocycles. The molecule has 4 aromatic heterocycles. The SMILES string of the molecule is Cc1ccc(-c2nc(Cn3cnc4sc(C)c(C)c4c3=O)cs2)o1. The van der Waals surface area contributed by atoms with Crippen LogP contribution < -0.4 is 5.56 Å². The molecule has 24 heavy (non-hydrogen) atoms. The predicted octanol–water partition coefficient (Wildman–Crippen LogP) is 4.15. The second-order valence-corrected chi connectivity index (χ2v) is 7.76. The molecule has 0 bridgehead atoms. The van der Waals surface area contributed by atoms with Crippen molar-refractivity contribution in [2.75, 3.05) is 0 Å². The molecule has 122 valence electrons. The van der Waals surface area contributed by atoms with Gasteiger partial charge in [0.25, 0.3) is 5.56 Å². The van der Waals surface area contributed by atoms with Crippen LogP contribution in [0.15, 0.2) is 33.1 Å². The van der Waals surface area contributed by atoms with Gasteiger partial charge in [0, 0.05) is 10.3 Å². The van der Waals surface area contributed by atoms with Crippen molar-refractivity contribution in [3.63, 3.8) is 0 Å². The van der Waals surface area contributed by atoms with E-state index < -0.39 is 0 Å². The average molecular weight is 357 g/mol. The maximum absolute atomic E-state index is 12.7. The molecule has 0 amide bonds. The molecule has 0 spiro atoms. The van der Waals surface area contributed by atoms with Crippen molar-refractivity contribution in [3.05, 3.63) is 56.1 Å². The zero-order valence-electron chi connectivity index (χ0n) is 13.5. The van der Waals surface area contributed by atoms with Crippen molar-refractivity contribution in [1.29, 1.82) is 0 Å². The minimum absolute atomic E-state index is 0.00903. The molecule has 0 saturated carbocycles. The Balaban J connectivity index is 1.70. The third kappa shape index (κ3) is 2.50. The molecular formula is C17H15N3O2S2. The van der Waals surface area contributed by atoms with E-state index >= 15 is 0 Å². The molecule has 0 atom stereocenters. The van der Waals surface area contributed by atoms with E-state index in [4.69, 9.17) is 4.42 Å². The van der Waals surface area contributed by atoms with Gasteiger partial charge in [-0.2, -0.15) is 0 Å². The molecule has 4 rings (SSSR count). The van der Waals surface area contributed by atoms with Crippen molar-refractivity contribution in [3.8, 4) is 10.8 Å². The normalized spacial score (nSPS) is 11.5. The number of aromatic nitrogens is 3. The zero-order chi connectivity index (χ0) is 16.8. The third-order valence-electron chi connectivity index (χ3n) is 3.99. The van der Waals surface area contributed by atoms with Crippen molar-refractivity contribution >= 4 is 32.9 Å². The fourth-order valence-corrected chi connectivity index (χ4v) is 4.36. The summed E-state index contributed by atoms with van der Waals surface area (Å²) in [5, 5.41) is 3.50. The summed E-state index contributed by atoms with van der Waals surface area (Å²) < 4.78 is 7.22. The van der Waals surface area contributed by atoms with Gasteiger partial charge in [0.05, 0.1) is 24.0 Å². The molecule has 0 aliphatic rings. The Morgan fingerprint density at radius 3 is 2.83 bits per heavy atom. The minimum Gasteiger partial charge on any atom is -0.459 e. The van der Waals surface area contributed by atoms with Crippen LogP contribution in [0.4, 0.5) is 0 Å². The number of hydrogen-bond donors (Lipinski definition) is 0. The van der Waals surface area contributed by atoms with Gasteiger partial charge in [-0.25, -0.2) is 9.97 Å². The molecule has 0 aliphatic carbocycles. The van der Waals surface area contributed by atoms with Gasteiger partial charge < -0.3 is 4.42 Å². The van der Waals surface area contributed by atoms with Gasteiger partial charge in [0.15, 0.2) is 10.8 Å². The first-order chi connectivity index (χ1) is 11.5. The first kappa shape index (κ1) is 15.3. The largest absolute Gasteiger partial charge is 0.459 e. The zero-order valence-corrected chi connectivity index (χ0v) is 15.1. The van der Waals surface area contributed by atoms with Crippen LogP contribution in [0.2, 0.25) is 0 Å². The van der Waals surface area contributed by atoms with Crippen LogP contribution in [0.3, 0.4) is 0 Å². The van der Waals surface area contributed by atoms with Gasteiger partial charge in [0.2, 0.25) is 0 Å². The highest BCUT2D eigenvalue weighted by atomic mass is 32.1. The van der Waals surface area contributed by atoms with E-state index in [1.165, 1.54) is 11.3 Å². The Labute approximate surface area is 146 Å². The third-order valence-corrected chi connectivity index (χ3v) is 6.01. The number of furan rings is 1. The van der Waals surface area contributed by atoms with Crippen molar-refractivity contribution in [2.45, 2.75) is 27.3 Å². The quantitative estimate of drug-likeness (QED) is 0.553. The topological polar surface area (TPSA) is 60.9 Å². The van der Waals surface area contributed by atoms with Gasteiger partial charge in [0.1, 0.15) is 10.6 Å². The molecule has 0 unspecified atom stereocenters. The molecule has 5 nitrogen and oxygen atoms in total. The van der Waals surface area contributed by atoms with E-state index in [0.717, 1.165) is 42.9 Å². The number of aryl methyl sites for hydroxylation is 3. The highest BCUT2D eigenvalue weighted by Crippen LogP contribution is 2.27. The molecule has 4 aromatic rings. The molecular weight excluding hydrogens is 342 g/mol. The van der Waals surface area contributed by atoms with Gasteiger partial charge in [-0.1, -0.05) is 0 Å². The van der Waals surface area contributed by atoms with E-state index in [9.17, 15) is 4.79 Å². The maximum Gasteiger partial charge on any atom is 0.262 e. The standard InChI is InChI=1S/C17H15N3O2S2/c1-9-4-5-13(22-9)15-19-12(7-23-15)6-20-8-18-16-14(17(20)21)10(2)11(3)24-16/h4-5,7-8H,6H2,1-3H3. The maximum atomic E-state index is 12.7. The van der Waals surface area contributed by atoms with Crippen molar-refractivity contribution in [2.24, 2.45) is 0 Å². The molecule has 0 saturated heterocycles. The van der Waals surface area contributed by atoms with Crippen LogP contribution in [0.1, 0.15) is 21.9 Å². The summed E-state index contributed by atoms with van der Waals surface area (Å²) in [6.07, 6.45) is 1.61. The minimum atomic E-state index is -0.00903. The fourth-order valence-electron chi connectivity index (χ4n) is 2.60. The lowest BCUT2D eigenvalue weighted by atomic mass is 10.2. The van der Waals surface area contributed by atoms with E-state index in [1.54, 1.807) is 22.2 Å². The monoisotopic (exact) mass is 357 g/mol. The summed E-state index contributed by atoms with van der Waals surface area (Å²) in [6.45, 7) is 6.31. The summed E-state index contributed by atoms with van der Waals surface area (Å²) in [5.41, 5.74) is 1.84. The fraction of sp³-hybridized carbons (Fsp3) is 0.235. The van der Waals surface area contributed by atoms with Crippen LogP contribution in [-0.2, 0) is 6.54 Å². The van der Waals surface area contributed by atoms with Crippen LogP contribution in [0.25, 0.3) is 21.0 Å². The van der Waals surface area contributed by atoms with Gasteiger partial charge >= 0.3 is 0 Å².